The van der Waals surface area contributed by atoms with Crippen molar-refractivity contribution in [2.45, 2.75) is 18.8 Å². The lowest BCUT2D eigenvalue weighted by Gasteiger charge is -2.15. The highest BCUT2D eigenvalue weighted by atomic mass is 19.4. The van der Waals surface area contributed by atoms with E-state index in [1.807, 2.05) is 6.07 Å². The van der Waals surface area contributed by atoms with Gasteiger partial charge in [-0.05, 0) is 35.9 Å². The lowest BCUT2D eigenvalue weighted by molar-refractivity contribution is -0.137. The summed E-state index contributed by atoms with van der Waals surface area (Å²) in [6.07, 6.45) is -5.47. The molecule has 10 heteroatoms. The molecule has 1 unspecified atom stereocenters. The highest BCUT2D eigenvalue weighted by molar-refractivity contribution is 5.77. The van der Waals surface area contributed by atoms with E-state index in [0.717, 1.165) is 17.7 Å². The van der Waals surface area contributed by atoms with Crippen LogP contribution in [0.1, 0.15) is 11.1 Å². The molecule has 0 bridgehead atoms. The molecule has 0 aliphatic carbocycles. The number of aliphatic hydroxyl groups is 1. The second-order valence-corrected chi connectivity index (χ2v) is 6.26. The number of halogens is 3. The van der Waals surface area contributed by atoms with Crippen molar-refractivity contribution < 1.29 is 32.5 Å². The minimum absolute atomic E-state index is 0.0129. The number of rotatable bonds is 9. The Morgan fingerprint density at radius 2 is 1.87 bits per heavy atom. The third-order valence-corrected chi connectivity index (χ3v) is 4.00. The molecule has 0 saturated heterocycles. The Hall–Kier alpha value is -3.14. The maximum atomic E-state index is 12.7. The Kier molecular flexibility index (Phi) is 8.16. The molecule has 4 N–H and O–H groups in total. The number of alkyl halides is 3. The maximum Gasteiger partial charge on any atom is 0.416 e. The zero-order chi connectivity index (χ0) is 22.1. The Morgan fingerprint density at radius 3 is 2.53 bits per heavy atom. The molecule has 0 amide bonds. The average molecular weight is 427 g/mol. The SMILES string of the molecule is COc1ccc(CN=C(N)NCC(O)COc2cccc(C(F)(F)F)c2)cc1OC. The molecule has 2 aromatic rings. The zero-order valence-corrected chi connectivity index (χ0v) is 16.6. The highest BCUT2D eigenvalue weighted by Gasteiger charge is 2.30. The van der Waals surface area contributed by atoms with E-state index in [0.29, 0.717) is 11.5 Å². The zero-order valence-electron chi connectivity index (χ0n) is 16.6. The van der Waals surface area contributed by atoms with Gasteiger partial charge in [0.15, 0.2) is 17.5 Å². The number of aliphatic imine (C=N–C) groups is 1. The molecule has 1 atom stereocenters. The molecule has 7 nitrogen and oxygen atoms in total. The minimum Gasteiger partial charge on any atom is -0.493 e. The summed E-state index contributed by atoms with van der Waals surface area (Å²) >= 11 is 0. The van der Waals surface area contributed by atoms with Crippen LogP contribution >= 0.6 is 0 Å². The average Bonchev–Trinajstić information content (AvgIpc) is 2.74. The minimum atomic E-state index is -4.46. The van der Waals surface area contributed by atoms with Gasteiger partial charge in [0.25, 0.3) is 0 Å². The van der Waals surface area contributed by atoms with Crippen molar-refractivity contribution in [2.75, 3.05) is 27.4 Å². The van der Waals surface area contributed by atoms with E-state index in [9.17, 15) is 18.3 Å². The van der Waals surface area contributed by atoms with Gasteiger partial charge in [0.2, 0.25) is 0 Å². The molecular weight excluding hydrogens is 403 g/mol. The maximum absolute atomic E-state index is 12.7. The molecule has 0 saturated carbocycles. The summed E-state index contributed by atoms with van der Waals surface area (Å²) in [6.45, 7) is 0.0769. The third-order valence-electron chi connectivity index (χ3n) is 4.00. The normalized spacial score (nSPS) is 12.9. The molecule has 0 aliphatic heterocycles. The van der Waals surface area contributed by atoms with Gasteiger partial charge in [-0.2, -0.15) is 13.2 Å². The molecule has 0 spiro atoms. The monoisotopic (exact) mass is 427 g/mol. The van der Waals surface area contributed by atoms with Crippen LogP contribution in [0.5, 0.6) is 17.2 Å². The number of nitrogens with zero attached hydrogens (tertiary/aromatic N) is 1. The first-order valence-corrected chi connectivity index (χ1v) is 8.95. The molecule has 0 heterocycles. The fourth-order valence-corrected chi connectivity index (χ4v) is 2.45. The van der Waals surface area contributed by atoms with E-state index >= 15 is 0 Å². The van der Waals surface area contributed by atoms with Gasteiger partial charge in [0, 0.05) is 6.54 Å². The van der Waals surface area contributed by atoms with Crippen molar-refractivity contribution in [2.24, 2.45) is 10.7 Å². The number of hydrogen-bond acceptors (Lipinski definition) is 5. The Morgan fingerprint density at radius 1 is 1.13 bits per heavy atom. The van der Waals surface area contributed by atoms with Gasteiger partial charge in [-0.25, -0.2) is 4.99 Å². The van der Waals surface area contributed by atoms with E-state index in [1.165, 1.54) is 19.2 Å². The molecule has 0 fully saturated rings. The van der Waals surface area contributed by atoms with Crippen LogP contribution in [0.25, 0.3) is 0 Å². The summed E-state index contributed by atoms with van der Waals surface area (Å²) in [5.41, 5.74) is 5.80. The van der Waals surface area contributed by atoms with Crippen molar-refractivity contribution in [1.82, 2.24) is 5.32 Å². The standard InChI is InChI=1S/C20H24F3N3O4/c1-28-17-7-6-13(8-18(17)29-2)10-25-19(24)26-11-15(27)12-30-16-5-3-4-14(9-16)20(21,22)23/h3-9,15,27H,10-12H2,1-2H3,(H3,24,25,26). The second kappa shape index (κ2) is 10.6. The number of methoxy groups -OCH3 is 2. The highest BCUT2D eigenvalue weighted by Crippen LogP contribution is 2.31. The number of aliphatic hydroxyl groups excluding tert-OH is 1. The first kappa shape index (κ1) is 23.1. The van der Waals surface area contributed by atoms with Crippen LogP contribution in [0.4, 0.5) is 13.2 Å². The number of ether oxygens (including phenoxy) is 3. The summed E-state index contributed by atoms with van der Waals surface area (Å²) < 4.78 is 53.7. The van der Waals surface area contributed by atoms with Crippen LogP contribution in [0, 0.1) is 0 Å². The van der Waals surface area contributed by atoms with Crippen molar-refractivity contribution in [3.05, 3.63) is 53.6 Å². The number of guanidine groups is 1. The molecule has 0 radical (unpaired) electrons. The van der Waals surface area contributed by atoms with Crippen molar-refractivity contribution in [1.29, 1.82) is 0 Å². The van der Waals surface area contributed by atoms with Crippen molar-refractivity contribution in [3.63, 3.8) is 0 Å². The van der Waals surface area contributed by atoms with Crippen molar-refractivity contribution in [3.8, 4) is 17.2 Å². The third kappa shape index (κ3) is 7.03. The van der Waals surface area contributed by atoms with E-state index in [2.05, 4.69) is 10.3 Å². The van der Waals surface area contributed by atoms with Crippen molar-refractivity contribution >= 4 is 5.96 Å². The first-order valence-electron chi connectivity index (χ1n) is 8.95. The Bertz CT molecular complexity index is 859. The predicted molar refractivity (Wildman–Crippen MR) is 106 cm³/mol. The van der Waals surface area contributed by atoms with E-state index < -0.39 is 17.8 Å². The summed E-state index contributed by atoms with van der Waals surface area (Å²) in [5, 5.41) is 12.7. The van der Waals surface area contributed by atoms with Gasteiger partial charge < -0.3 is 30.4 Å². The molecule has 30 heavy (non-hydrogen) atoms. The number of nitrogens with one attached hydrogen (secondary N) is 1. The fraction of sp³-hybridized carbons (Fsp3) is 0.350. The van der Waals surface area contributed by atoms with Crippen LogP contribution in [-0.2, 0) is 12.7 Å². The molecule has 0 aliphatic rings. The lowest BCUT2D eigenvalue weighted by atomic mass is 10.2. The van der Waals surface area contributed by atoms with E-state index in [-0.39, 0.29) is 31.4 Å². The number of nitrogens with two attached hydrogens (primary N) is 1. The fourth-order valence-electron chi connectivity index (χ4n) is 2.45. The van der Waals surface area contributed by atoms with Gasteiger partial charge in [-0.3, -0.25) is 0 Å². The van der Waals surface area contributed by atoms with Crippen LogP contribution in [0.2, 0.25) is 0 Å². The molecular formula is C20H24F3N3O4. The number of hydrogen-bond donors (Lipinski definition) is 3. The molecule has 2 rings (SSSR count). The van der Waals surface area contributed by atoms with Crippen LogP contribution in [0.3, 0.4) is 0 Å². The van der Waals surface area contributed by atoms with Gasteiger partial charge in [0.1, 0.15) is 18.5 Å². The van der Waals surface area contributed by atoms with Gasteiger partial charge in [-0.1, -0.05) is 12.1 Å². The van der Waals surface area contributed by atoms with Gasteiger partial charge >= 0.3 is 6.18 Å². The van der Waals surface area contributed by atoms with E-state index in [1.54, 1.807) is 19.2 Å². The van der Waals surface area contributed by atoms with E-state index in [4.69, 9.17) is 19.9 Å². The smallest absolute Gasteiger partial charge is 0.416 e. The Balaban J connectivity index is 1.81. The van der Waals surface area contributed by atoms with Crippen LogP contribution < -0.4 is 25.3 Å². The lowest BCUT2D eigenvalue weighted by Crippen LogP contribution is -2.39. The Labute approximate surface area is 172 Å². The first-order chi connectivity index (χ1) is 14.2. The van der Waals surface area contributed by atoms with Crippen LogP contribution in [0.15, 0.2) is 47.5 Å². The number of benzene rings is 2. The summed E-state index contributed by atoms with van der Waals surface area (Å²) in [5.74, 6) is 1.28. The molecule has 164 valence electrons. The van der Waals surface area contributed by atoms with Gasteiger partial charge in [-0.15, -0.1) is 0 Å². The summed E-state index contributed by atoms with van der Waals surface area (Å²) in [4.78, 5) is 4.16. The largest absolute Gasteiger partial charge is 0.493 e. The van der Waals surface area contributed by atoms with Crippen LogP contribution in [-0.4, -0.2) is 44.5 Å². The predicted octanol–water partition coefficient (Wildman–Crippen LogP) is 2.57. The molecule has 0 aromatic heterocycles. The topological polar surface area (TPSA) is 98.3 Å². The summed E-state index contributed by atoms with van der Waals surface area (Å²) in [6, 6.07) is 9.78. The molecule has 2 aromatic carbocycles. The summed E-state index contributed by atoms with van der Waals surface area (Å²) in [7, 11) is 3.07. The second-order valence-electron chi connectivity index (χ2n) is 6.26. The van der Waals surface area contributed by atoms with Gasteiger partial charge in [0.05, 0.1) is 26.3 Å². The quantitative estimate of drug-likeness (QED) is 0.420.